The van der Waals surface area contributed by atoms with Gasteiger partial charge in [0.15, 0.2) is 0 Å². The van der Waals surface area contributed by atoms with Gasteiger partial charge < -0.3 is 10.6 Å². The lowest BCUT2D eigenvalue weighted by Gasteiger charge is -2.07. The number of nitrogens with zero attached hydrogens (tertiary/aromatic N) is 1. The molecule has 1 aromatic heterocycles. The maximum Gasteiger partial charge on any atom is 0.274 e. The molecule has 0 aliphatic heterocycles. The Bertz CT molecular complexity index is 537. The molecule has 1 heterocycles. The fraction of sp³-hybridized carbons (Fsp3) is 0.250. The fourth-order valence-corrected chi connectivity index (χ4v) is 1.76. The monoisotopic (exact) mass is 269 g/mol. The van der Waals surface area contributed by atoms with Crippen molar-refractivity contribution < 1.29 is 4.79 Å². The maximum absolute atomic E-state index is 12.0. The first-order valence-electron chi connectivity index (χ1n) is 6.86. The van der Waals surface area contributed by atoms with Crippen LogP contribution < -0.4 is 10.6 Å². The third-order valence-corrected chi connectivity index (χ3v) is 2.89. The molecule has 2 N–H and O–H groups in total. The molecule has 1 aromatic carbocycles. The van der Waals surface area contributed by atoms with E-state index in [1.807, 2.05) is 36.4 Å². The lowest BCUT2D eigenvalue weighted by Crippen LogP contribution is -2.13. The molecule has 1 amide bonds. The van der Waals surface area contributed by atoms with Gasteiger partial charge in [-0.25, -0.2) is 4.98 Å². The highest BCUT2D eigenvalue weighted by molar-refractivity contribution is 6.02. The Balaban J connectivity index is 1.94. The van der Waals surface area contributed by atoms with Gasteiger partial charge in [-0.3, -0.25) is 4.79 Å². The number of carbonyl (C=O) groups excluding carboxylic acids is 1. The molecule has 4 nitrogen and oxygen atoms in total. The molecule has 0 saturated carbocycles. The third-order valence-electron chi connectivity index (χ3n) is 2.89. The van der Waals surface area contributed by atoms with Crippen molar-refractivity contribution in [3.63, 3.8) is 0 Å². The van der Waals surface area contributed by atoms with Crippen LogP contribution in [0.1, 0.15) is 30.3 Å². The maximum atomic E-state index is 12.0. The zero-order chi connectivity index (χ0) is 14.2. The van der Waals surface area contributed by atoms with E-state index in [0.717, 1.165) is 30.8 Å². The van der Waals surface area contributed by atoms with E-state index in [4.69, 9.17) is 0 Å². The normalized spacial score (nSPS) is 10.1. The van der Waals surface area contributed by atoms with Gasteiger partial charge in [0.1, 0.15) is 5.69 Å². The molecule has 2 aromatic rings. The number of amides is 1. The summed E-state index contributed by atoms with van der Waals surface area (Å²) in [7, 11) is 0. The van der Waals surface area contributed by atoms with Gasteiger partial charge in [0.05, 0.1) is 11.9 Å². The van der Waals surface area contributed by atoms with E-state index in [1.54, 1.807) is 12.3 Å². The largest absolute Gasteiger partial charge is 0.384 e. The predicted molar refractivity (Wildman–Crippen MR) is 82.0 cm³/mol. The number of hydrogen-bond donors (Lipinski definition) is 2. The Morgan fingerprint density at radius 1 is 1.10 bits per heavy atom. The van der Waals surface area contributed by atoms with Crippen molar-refractivity contribution >= 4 is 17.3 Å². The third kappa shape index (κ3) is 4.09. The second-order valence-electron chi connectivity index (χ2n) is 4.53. The van der Waals surface area contributed by atoms with Gasteiger partial charge in [-0.15, -0.1) is 0 Å². The summed E-state index contributed by atoms with van der Waals surface area (Å²) in [6.07, 6.45) is 3.96. The minimum absolute atomic E-state index is 0.198. The predicted octanol–water partition coefficient (Wildman–Crippen LogP) is 3.55. The summed E-state index contributed by atoms with van der Waals surface area (Å²) in [5.41, 5.74) is 2.12. The lowest BCUT2D eigenvalue weighted by atomic mass is 10.2. The van der Waals surface area contributed by atoms with Crippen LogP contribution in [0.2, 0.25) is 0 Å². The Morgan fingerprint density at radius 3 is 2.55 bits per heavy atom. The first-order chi connectivity index (χ1) is 9.79. The van der Waals surface area contributed by atoms with Crippen molar-refractivity contribution in [3.05, 3.63) is 54.4 Å². The van der Waals surface area contributed by atoms with Crippen LogP contribution in [0.3, 0.4) is 0 Å². The van der Waals surface area contributed by atoms with Gasteiger partial charge in [0.25, 0.3) is 5.91 Å². The minimum Gasteiger partial charge on any atom is -0.384 e. The van der Waals surface area contributed by atoms with Crippen LogP contribution in [0.4, 0.5) is 11.4 Å². The summed E-state index contributed by atoms with van der Waals surface area (Å²) in [4.78, 5) is 16.2. The average Bonchev–Trinajstić information content (AvgIpc) is 2.49. The van der Waals surface area contributed by atoms with Crippen LogP contribution in [0.5, 0.6) is 0 Å². The molecule has 0 aliphatic rings. The standard InChI is InChI=1S/C16H19N3O/c1-2-3-11-17-14-9-10-15(18-12-14)16(20)19-13-7-5-4-6-8-13/h4-10,12,17H,2-3,11H2,1H3,(H,19,20). The second kappa shape index (κ2) is 7.28. The molecule has 0 radical (unpaired) electrons. The number of hydrogen-bond acceptors (Lipinski definition) is 3. The highest BCUT2D eigenvalue weighted by atomic mass is 16.1. The summed E-state index contributed by atoms with van der Waals surface area (Å²) in [5.74, 6) is -0.198. The molecule has 0 fully saturated rings. The van der Waals surface area contributed by atoms with Crippen LogP contribution >= 0.6 is 0 Å². The molecule has 2 rings (SSSR count). The van der Waals surface area contributed by atoms with Crippen molar-refractivity contribution in [2.75, 3.05) is 17.2 Å². The van der Waals surface area contributed by atoms with E-state index in [0.29, 0.717) is 5.69 Å². The van der Waals surface area contributed by atoms with Gasteiger partial charge in [-0.1, -0.05) is 31.5 Å². The van der Waals surface area contributed by atoms with Gasteiger partial charge in [0, 0.05) is 12.2 Å². The molecular formula is C16H19N3O. The molecule has 0 bridgehead atoms. The number of unbranched alkanes of at least 4 members (excludes halogenated alkanes) is 1. The molecule has 0 spiro atoms. The summed E-state index contributed by atoms with van der Waals surface area (Å²) >= 11 is 0. The van der Waals surface area contributed by atoms with Crippen molar-refractivity contribution in [2.45, 2.75) is 19.8 Å². The lowest BCUT2D eigenvalue weighted by molar-refractivity contribution is 0.102. The number of nitrogens with one attached hydrogen (secondary N) is 2. The van der Waals surface area contributed by atoms with Crippen LogP contribution in [-0.4, -0.2) is 17.4 Å². The van der Waals surface area contributed by atoms with Crippen molar-refractivity contribution in [1.82, 2.24) is 4.98 Å². The van der Waals surface area contributed by atoms with Crippen molar-refractivity contribution in [2.24, 2.45) is 0 Å². The fourth-order valence-electron chi connectivity index (χ4n) is 1.76. The van der Waals surface area contributed by atoms with E-state index in [9.17, 15) is 4.79 Å². The average molecular weight is 269 g/mol. The molecule has 104 valence electrons. The van der Waals surface area contributed by atoms with Crippen LogP contribution in [0.25, 0.3) is 0 Å². The van der Waals surface area contributed by atoms with Crippen LogP contribution in [0.15, 0.2) is 48.7 Å². The topological polar surface area (TPSA) is 54.0 Å². The number of aromatic nitrogens is 1. The minimum atomic E-state index is -0.198. The number of rotatable bonds is 6. The number of benzene rings is 1. The molecule has 0 unspecified atom stereocenters. The SMILES string of the molecule is CCCCNc1ccc(C(=O)Nc2ccccc2)nc1. The van der Waals surface area contributed by atoms with Crippen molar-refractivity contribution in [3.8, 4) is 0 Å². The van der Waals surface area contributed by atoms with Crippen LogP contribution in [0, 0.1) is 0 Å². The second-order valence-corrected chi connectivity index (χ2v) is 4.53. The van der Waals surface area contributed by atoms with E-state index in [2.05, 4.69) is 22.5 Å². The summed E-state index contributed by atoms with van der Waals surface area (Å²) in [6, 6.07) is 13.0. The summed E-state index contributed by atoms with van der Waals surface area (Å²) in [5, 5.41) is 6.08. The Labute approximate surface area is 119 Å². The summed E-state index contributed by atoms with van der Waals surface area (Å²) < 4.78 is 0. The number of anilines is 2. The molecule has 0 saturated heterocycles. The van der Waals surface area contributed by atoms with Gasteiger partial charge in [-0.2, -0.15) is 0 Å². The molecule has 0 atom stereocenters. The highest BCUT2D eigenvalue weighted by Crippen LogP contribution is 2.10. The van der Waals surface area contributed by atoms with E-state index >= 15 is 0 Å². The first kappa shape index (κ1) is 14.1. The Hall–Kier alpha value is -2.36. The zero-order valence-corrected chi connectivity index (χ0v) is 11.6. The van der Waals surface area contributed by atoms with Gasteiger partial charge in [0.2, 0.25) is 0 Å². The molecule has 4 heteroatoms. The zero-order valence-electron chi connectivity index (χ0n) is 11.6. The number of para-hydroxylation sites is 1. The summed E-state index contributed by atoms with van der Waals surface area (Å²) in [6.45, 7) is 3.07. The number of pyridine rings is 1. The van der Waals surface area contributed by atoms with Gasteiger partial charge >= 0.3 is 0 Å². The quantitative estimate of drug-likeness (QED) is 0.789. The van der Waals surface area contributed by atoms with E-state index < -0.39 is 0 Å². The van der Waals surface area contributed by atoms with E-state index in [1.165, 1.54) is 0 Å². The smallest absolute Gasteiger partial charge is 0.274 e. The van der Waals surface area contributed by atoms with E-state index in [-0.39, 0.29) is 5.91 Å². The number of carbonyl (C=O) groups is 1. The molecule has 20 heavy (non-hydrogen) atoms. The van der Waals surface area contributed by atoms with Gasteiger partial charge in [-0.05, 0) is 30.7 Å². The Kier molecular flexibility index (Phi) is 5.12. The van der Waals surface area contributed by atoms with Crippen molar-refractivity contribution in [1.29, 1.82) is 0 Å². The Morgan fingerprint density at radius 2 is 1.90 bits per heavy atom. The first-order valence-corrected chi connectivity index (χ1v) is 6.86. The highest BCUT2D eigenvalue weighted by Gasteiger charge is 2.07. The molecular weight excluding hydrogens is 250 g/mol. The molecule has 0 aliphatic carbocycles. The van der Waals surface area contributed by atoms with Crippen LogP contribution in [-0.2, 0) is 0 Å².